The Kier molecular flexibility index (Phi) is 5.26. The van der Waals surface area contributed by atoms with E-state index in [9.17, 15) is 18.6 Å². The number of nitrogens with one attached hydrogen (secondary N) is 1. The van der Waals surface area contributed by atoms with Gasteiger partial charge in [-0.25, -0.2) is 24.8 Å². The van der Waals surface area contributed by atoms with Gasteiger partial charge in [0.2, 0.25) is 0 Å². The van der Waals surface area contributed by atoms with Crippen LogP contribution in [0.2, 0.25) is 5.15 Å². The number of halogens is 1. The molecule has 2 aromatic heterocycles. The molecular formula is C10H15ClN6O4S. The number of hydrogen-bond donors (Lipinski definition) is 4. The van der Waals surface area contributed by atoms with Gasteiger partial charge in [0.25, 0.3) is 10.2 Å². The van der Waals surface area contributed by atoms with Crippen molar-refractivity contribution in [3.63, 3.8) is 0 Å². The Morgan fingerprint density at radius 1 is 1.32 bits per heavy atom. The molecule has 12 heteroatoms. The van der Waals surface area contributed by atoms with Crippen molar-refractivity contribution >= 4 is 33.0 Å². The third-order valence-electron chi connectivity index (χ3n) is 2.93. The van der Waals surface area contributed by atoms with E-state index in [0.717, 1.165) is 0 Å². The molecule has 0 aromatic carbocycles. The van der Waals surface area contributed by atoms with Gasteiger partial charge >= 0.3 is 0 Å². The molecule has 0 amide bonds. The molecule has 2 heterocycles. The second kappa shape index (κ2) is 6.81. The number of rotatable bonds is 7. The number of hydrogen-bond acceptors (Lipinski definition) is 7. The second-order valence-corrected chi connectivity index (χ2v) is 6.33. The molecule has 0 spiro atoms. The average Bonchev–Trinajstić information content (AvgIpc) is 2.82. The van der Waals surface area contributed by atoms with Crippen molar-refractivity contribution in [2.45, 2.75) is 25.2 Å². The van der Waals surface area contributed by atoms with Gasteiger partial charge in [0.05, 0.1) is 25.1 Å². The van der Waals surface area contributed by atoms with Gasteiger partial charge in [-0.1, -0.05) is 11.6 Å². The van der Waals surface area contributed by atoms with Crippen LogP contribution in [0.25, 0.3) is 11.2 Å². The summed E-state index contributed by atoms with van der Waals surface area (Å²) in [7, 11) is -3.82. The van der Waals surface area contributed by atoms with Crippen molar-refractivity contribution in [1.29, 1.82) is 0 Å². The topological polar surface area (TPSA) is 156 Å². The fourth-order valence-corrected chi connectivity index (χ4v) is 2.43. The monoisotopic (exact) mass is 350 g/mol. The van der Waals surface area contributed by atoms with Gasteiger partial charge in [0.1, 0.15) is 11.8 Å². The normalized spacial score (nSPS) is 15.1. The first-order chi connectivity index (χ1) is 10.3. The standard InChI is InChI=1S/C10H15ClN6O4S/c11-9-8-10(14-4-13-9)17(5-15-8)3-7(19)6(18)1-2-16-22(12,20)21/h4-7,16,18-19H,1-3H2,(H2,12,20,21)/t6-,7+/m1/s1. The Hall–Kier alpha value is -1.37. The summed E-state index contributed by atoms with van der Waals surface area (Å²) < 4.78 is 24.9. The fourth-order valence-electron chi connectivity index (χ4n) is 1.85. The van der Waals surface area contributed by atoms with Crippen molar-refractivity contribution in [2.75, 3.05) is 6.54 Å². The highest BCUT2D eigenvalue weighted by atomic mass is 35.5. The highest BCUT2D eigenvalue weighted by Crippen LogP contribution is 2.17. The summed E-state index contributed by atoms with van der Waals surface area (Å²) >= 11 is 5.86. The van der Waals surface area contributed by atoms with Crippen LogP contribution < -0.4 is 9.86 Å². The van der Waals surface area contributed by atoms with Crippen LogP contribution in [0.1, 0.15) is 6.42 Å². The Bertz CT molecular complexity index is 751. The first-order valence-electron chi connectivity index (χ1n) is 6.23. The number of fused-ring (bicyclic) bond motifs is 1. The lowest BCUT2D eigenvalue weighted by molar-refractivity contribution is 0.00639. The Morgan fingerprint density at radius 3 is 2.73 bits per heavy atom. The van der Waals surface area contributed by atoms with Crippen LogP contribution in [0.15, 0.2) is 12.7 Å². The summed E-state index contributed by atoms with van der Waals surface area (Å²) in [5.41, 5.74) is 0.815. The summed E-state index contributed by atoms with van der Waals surface area (Å²) in [6.07, 6.45) is 0.392. The molecule has 0 saturated carbocycles. The van der Waals surface area contributed by atoms with Gasteiger partial charge in [0.15, 0.2) is 10.8 Å². The number of nitrogens with two attached hydrogens (primary N) is 1. The summed E-state index contributed by atoms with van der Waals surface area (Å²) in [5, 5.41) is 24.7. The molecule has 0 saturated heterocycles. The predicted octanol–water partition coefficient (Wildman–Crippen LogP) is -1.62. The maximum Gasteiger partial charge on any atom is 0.274 e. The van der Waals surface area contributed by atoms with Gasteiger partial charge in [-0.15, -0.1) is 0 Å². The van der Waals surface area contributed by atoms with Crippen LogP contribution in [-0.2, 0) is 16.8 Å². The number of aromatic nitrogens is 4. The van der Waals surface area contributed by atoms with E-state index in [1.165, 1.54) is 17.2 Å². The van der Waals surface area contributed by atoms with Crippen molar-refractivity contribution in [3.8, 4) is 0 Å². The minimum atomic E-state index is -3.82. The Morgan fingerprint density at radius 2 is 2.05 bits per heavy atom. The van der Waals surface area contributed by atoms with Gasteiger partial charge in [-0.2, -0.15) is 8.42 Å². The second-order valence-electron chi connectivity index (χ2n) is 4.60. The minimum absolute atomic E-state index is 0.0000331. The molecule has 0 aliphatic rings. The first-order valence-corrected chi connectivity index (χ1v) is 8.15. The Labute approximate surface area is 131 Å². The zero-order valence-electron chi connectivity index (χ0n) is 11.3. The highest BCUT2D eigenvalue weighted by molar-refractivity contribution is 7.87. The molecule has 0 aliphatic heterocycles. The van der Waals surface area contributed by atoms with E-state index < -0.39 is 22.4 Å². The molecule has 10 nitrogen and oxygen atoms in total. The molecule has 5 N–H and O–H groups in total. The summed E-state index contributed by atoms with van der Waals surface area (Å²) in [6, 6.07) is 0. The first kappa shape index (κ1) is 17.0. The molecule has 2 atom stereocenters. The van der Waals surface area contributed by atoms with Crippen molar-refractivity contribution in [3.05, 3.63) is 17.8 Å². The van der Waals surface area contributed by atoms with E-state index in [4.69, 9.17) is 16.7 Å². The molecule has 2 aromatic rings. The predicted molar refractivity (Wildman–Crippen MR) is 78.1 cm³/mol. The molecule has 2 rings (SSSR count). The number of aliphatic hydroxyl groups is 2. The van der Waals surface area contributed by atoms with Crippen molar-refractivity contribution in [2.24, 2.45) is 5.14 Å². The van der Waals surface area contributed by atoms with E-state index in [1.807, 2.05) is 4.72 Å². The van der Waals surface area contributed by atoms with Crippen LogP contribution in [0.4, 0.5) is 0 Å². The molecule has 22 heavy (non-hydrogen) atoms. The van der Waals surface area contributed by atoms with Crippen LogP contribution in [0.3, 0.4) is 0 Å². The average molecular weight is 351 g/mol. The maximum absolute atomic E-state index is 10.7. The molecule has 122 valence electrons. The highest BCUT2D eigenvalue weighted by Gasteiger charge is 2.19. The van der Waals surface area contributed by atoms with Crippen LogP contribution in [0.5, 0.6) is 0 Å². The van der Waals surface area contributed by atoms with Gasteiger partial charge < -0.3 is 14.8 Å². The number of aliphatic hydroxyl groups excluding tert-OH is 2. The molecular weight excluding hydrogens is 336 g/mol. The fraction of sp³-hybridized carbons (Fsp3) is 0.500. The van der Waals surface area contributed by atoms with Crippen LogP contribution in [0, 0.1) is 0 Å². The van der Waals surface area contributed by atoms with Crippen LogP contribution in [-0.4, -0.2) is 56.9 Å². The molecule has 0 radical (unpaired) electrons. The molecule has 0 aliphatic carbocycles. The third-order valence-corrected chi connectivity index (χ3v) is 3.81. The number of nitrogens with zero attached hydrogens (tertiary/aromatic N) is 4. The molecule has 0 fully saturated rings. The van der Waals surface area contributed by atoms with Gasteiger partial charge in [-0.3, -0.25) is 0 Å². The summed E-state index contributed by atoms with van der Waals surface area (Å²) in [4.78, 5) is 11.8. The lowest BCUT2D eigenvalue weighted by Gasteiger charge is -2.18. The van der Waals surface area contributed by atoms with E-state index in [0.29, 0.717) is 11.2 Å². The van der Waals surface area contributed by atoms with Gasteiger partial charge in [0, 0.05) is 6.54 Å². The largest absolute Gasteiger partial charge is 0.390 e. The number of imidazole rings is 1. The zero-order valence-corrected chi connectivity index (χ0v) is 12.9. The van der Waals surface area contributed by atoms with Crippen LogP contribution >= 0.6 is 11.6 Å². The lowest BCUT2D eigenvalue weighted by atomic mass is 10.1. The summed E-state index contributed by atoms with van der Waals surface area (Å²) in [6.45, 7) is -0.0733. The maximum atomic E-state index is 10.7. The Balaban J connectivity index is 1.98. The van der Waals surface area contributed by atoms with E-state index in [2.05, 4.69) is 15.0 Å². The third kappa shape index (κ3) is 4.32. The summed E-state index contributed by atoms with van der Waals surface area (Å²) in [5.74, 6) is 0. The SMILES string of the molecule is NS(=O)(=O)NCC[C@@H](O)[C@@H](O)Cn1cnc2c(Cl)ncnc21. The smallest absolute Gasteiger partial charge is 0.274 e. The zero-order chi connectivity index (χ0) is 16.3. The van der Waals surface area contributed by atoms with Gasteiger partial charge in [-0.05, 0) is 6.42 Å². The van der Waals surface area contributed by atoms with E-state index >= 15 is 0 Å². The van der Waals surface area contributed by atoms with Crippen molar-refractivity contribution in [1.82, 2.24) is 24.2 Å². The lowest BCUT2D eigenvalue weighted by Crippen LogP contribution is -2.37. The minimum Gasteiger partial charge on any atom is -0.390 e. The molecule has 0 unspecified atom stereocenters. The molecule has 0 bridgehead atoms. The quantitative estimate of drug-likeness (QED) is 0.437. The van der Waals surface area contributed by atoms with E-state index in [1.54, 1.807) is 0 Å². The van der Waals surface area contributed by atoms with E-state index in [-0.39, 0.29) is 24.7 Å². The van der Waals surface area contributed by atoms with Crippen molar-refractivity contribution < 1.29 is 18.6 Å².